The minimum absolute atomic E-state index is 0.750. The Kier molecular flexibility index (Phi) is 3.41. The Morgan fingerprint density at radius 3 is 3.00 bits per heavy atom. The van der Waals surface area contributed by atoms with Gasteiger partial charge in [0.05, 0.1) is 6.20 Å². The van der Waals surface area contributed by atoms with Gasteiger partial charge in [-0.25, -0.2) is 0 Å². The van der Waals surface area contributed by atoms with E-state index in [0.717, 1.165) is 18.4 Å². The molecule has 3 heteroatoms. The van der Waals surface area contributed by atoms with Crippen LogP contribution in [-0.2, 0) is 13.5 Å². The lowest BCUT2D eigenvalue weighted by Gasteiger charge is -2.10. The number of aromatic nitrogens is 2. The van der Waals surface area contributed by atoms with Crippen LogP contribution in [0.25, 0.3) is 0 Å². The van der Waals surface area contributed by atoms with Crippen molar-refractivity contribution >= 4 is 0 Å². The van der Waals surface area contributed by atoms with Gasteiger partial charge in [-0.2, -0.15) is 5.10 Å². The summed E-state index contributed by atoms with van der Waals surface area (Å²) in [6, 6.07) is 0.843. The van der Waals surface area contributed by atoms with Crippen molar-refractivity contribution in [3.63, 3.8) is 0 Å². The van der Waals surface area contributed by atoms with Crippen molar-refractivity contribution in [1.29, 1.82) is 0 Å². The molecule has 0 amide bonds. The summed E-state index contributed by atoms with van der Waals surface area (Å²) in [5, 5.41) is 7.75. The molecule has 0 saturated heterocycles. The summed E-state index contributed by atoms with van der Waals surface area (Å²) in [5.41, 5.74) is 1.36. The highest BCUT2D eigenvalue weighted by atomic mass is 15.2. The molecule has 0 radical (unpaired) electrons. The van der Waals surface area contributed by atoms with Crippen LogP contribution in [0.2, 0.25) is 0 Å². The molecule has 1 heterocycles. The molecule has 1 aromatic rings. The highest BCUT2D eigenvalue weighted by Gasteiger charge is 2.19. The summed E-state index contributed by atoms with van der Waals surface area (Å²) >= 11 is 0. The van der Waals surface area contributed by atoms with Crippen LogP contribution in [0.5, 0.6) is 0 Å². The molecule has 0 spiro atoms. The fourth-order valence-electron chi connectivity index (χ4n) is 1.90. The summed E-state index contributed by atoms with van der Waals surface area (Å²) in [4.78, 5) is 0. The molecule has 1 aliphatic carbocycles. The summed E-state index contributed by atoms with van der Waals surface area (Å²) in [6.07, 6.45) is 9.29. The van der Waals surface area contributed by atoms with Gasteiger partial charge in [-0.05, 0) is 43.7 Å². The van der Waals surface area contributed by atoms with Crippen molar-refractivity contribution in [1.82, 2.24) is 15.1 Å². The highest BCUT2D eigenvalue weighted by Crippen LogP contribution is 2.19. The Balaban J connectivity index is 1.64. The topological polar surface area (TPSA) is 29.9 Å². The Bertz CT molecular complexity index is 302. The predicted molar refractivity (Wildman–Crippen MR) is 61.7 cm³/mol. The van der Waals surface area contributed by atoms with Gasteiger partial charge < -0.3 is 5.32 Å². The minimum Gasteiger partial charge on any atom is -0.314 e. The van der Waals surface area contributed by atoms with Crippen LogP contribution in [0.4, 0.5) is 0 Å². The fourth-order valence-corrected chi connectivity index (χ4v) is 1.90. The van der Waals surface area contributed by atoms with Crippen LogP contribution in [-0.4, -0.2) is 22.4 Å². The fraction of sp³-hybridized carbons (Fsp3) is 0.750. The number of nitrogens with zero attached hydrogens (tertiary/aromatic N) is 2. The lowest BCUT2D eigenvalue weighted by molar-refractivity contribution is 0.497. The first-order valence-electron chi connectivity index (χ1n) is 5.95. The molecule has 0 aliphatic heterocycles. The zero-order chi connectivity index (χ0) is 10.7. The lowest BCUT2D eigenvalue weighted by atomic mass is 10.0. The monoisotopic (exact) mass is 207 g/mol. The number of rotatable bonds is 6. The third kappa shape index (κ3) is 3.67. The second kappa shape index (κ2) is 4.79. The van der Waals surface area contributed by atoms with Gasteiger partial charge >= 0.3 is 0 Å². The number of nitrogens with one attached hydrogen (secondary N) is 1. The van der Waals surface area contributed by atoms with E-state index in [4.69, 9.17) is 0 Å². The molecular formula is C12H21N3. The van der Waals surface area contributed by atoms with Gasteiger partial charge in [0.25, 0.3) is 0 Å². The van der Waals surface area contributed by atoms with Gasteiger partial charge in [-0.15, -0.1) is 0 Å². The third-order valence-electron chi connectivity index (χ3n) is 2.99. The second-order valence-corrected chi connectivity index (χ2v) is 4.85. The maximum Gasteiger partial charge on any atom is 0.0521 e. The molecule has 1 saturated carbocycles. The molecule has 0 bridgehead atoms. The standard InChI is InChI=1S/C12H21N3/c1-10(5-6-13-12-3-4-12)7-11-8-14-15(2)9-11/h8-10,12-13H,3-7H2,1-2H3. The van der Waals surface area contributed by atoms with Crippen molar-refractivity contribution in [2.45, 2.75) is 38.6 Å². The summed E-state index contributed by atoms with van der Waals surface area (Å²) in [6.45, 7) is 3.49. The first-order valence-corrected chi connectivity index (χ1v) is 5.95. The Morgan fingerprint density at radius 2 is 2.40 bits per heavy atom. The van der Waals surface area contributed by atoms with Crippen molar-refractivity contribution in [3.8, 4) is 0 Å². The summed E-state index contributed by atoms with van der Waals surface area (Å²) in [7, 11) is 1.98. The molecule has 2 rings (SSSR count). The van der Waals surface area contributed by atoms with Crippen molar-refractivity contribution < 1.29 is 0 Å². The van der Waals surface area contributed by atoms with Gasteiger partial charge in [0.15, 0.2) is 0 Å². The van der Waals surface area contributed by atoms with Gasteiger partial charge in [-0.1, -0.05) is 6.92 Å². The van der Waals surface area contributed by atoms with Crippen LogP contribution < -0.4 is 5.32 Å². The van der Waals surface area contributed by atoms with Crippen LogP contribution in [0, 0.1) is 5.92 Å². The molecule has 1 fully saturated rings. The van der Waals surface area contributed by atoms with Gasteiger partial charge in [0.1, 0.15) is 0 Å². The van der Waals surface area contributed by atoms with Gasteiger partial charge in [0, 0.05) is 19.3 Å². The molecule has 1 aromatic heterocycles. The Hall–Kier alpha value is -0.830. The Morgan fingerprint density at radius 1 is 1.60 bits per heavy atom. The first-order chi connectivity index (χ1) is 7.24. The molecule has 84 valence electrons. The Labute approximate surface area is 91.9 Å². The molecule has 1 atom stereocenters. The number of hydrogen-bond donors (Lipinski definition) is 1. The maximum atomic E-state index is 4.19. The molecule has 15 heavy (non-hydrogen) atoms. The molecule has 1 aliphatic rings. The van der Waals surface area contributed by atoms with Gasteiger partial charge in [-0.3, -0.25) is 4.68 Å². The second-order valence-electron chi connectivity index (χ2n) is 4.85. The maximum absolute atomic E-state index is 4.19. The van der Waals surface area contributed by atoms with E-state index in [1.54, 1.807) is 0 Å². The van der Waals surface area contributed by atoms with Gasteiger partial charge in [0.2, 0.25) is 0 Å². The van der Waals surface area contributed by atoms with Crippen LogP contribution >= 0.6 is 0 Å². The van der Waals surface area contributed by atoms with E-state index in [9.17, 15) is 0 Å². The molecule has 1 N–H and O–H groups in total. The summed E-state index contributed by atoms with van der Waals surface area (Å²) < 4.78 is 1.88. The largest absolute Gasteiger partial charge is 0.314 e. The highest BCUT2D eigenvalue weighted by molar-refractivity contribution is 5.04. The van der Waals surface area contributed by atoms with E-state index in [2.05, 4.69) is 23.5 Å². The first kappa shape index (κ1) is 10.7. The smallest absolute Gasteiger partial charge is 0.0521 e. The van der Waals surface area contributed by atoms with E-state index in [-0.39, 0.29) is 0 Å². The van der Waals surface area contributed by atoms with Crippen LogP contribution in [0.1, 0.15) is 31.7 Å². The molecule has 1 unspecified atom stereocenters. The SMILES string of the molecule is CC(CCNC1CC1)Cc1cnn(C)c1. The average molecular weight is 207 g/mol. The number of aryl methyl sites for hydroxylation is 1. The predicted octanol–water partition coefficient (Wildman–Crippen LogP) is 1.74. The normalized spacial score (nSPS) is 18.0. The van der Waals surface area contributed by atoms with Crippen LogP contribution in [0.3, 0.4) is 0 Å². The summed E-state index contributed by atoms with van der Waals surface area (Å²) in [5.74, 6) is 0.750. The molecule has 0 aromatic carbocycles. The molecular weight excluding hydrogens is 186 g/mol. The quantitative estimate of drug-likeness (QED) is 0.770. The minimum atomic E-state index is 0.750. The van der Waals surface area contributed by atoms with E-state index < -0.39 is 0 Å². The zero-order valence-corrected chi connectivity index (χ0v) is 9.74. The van der Waals surface area contributed by atoms with Crippen LogP contribution in [0.15, 0.2) is 12.4 Å². The molecule has 3 nitrogen and oxygen atoms in total. The zero-order valence-electron chi connectivity index (χ0n) is 9.74. The van der Waals surface area contributed by atoms with E-state index in [0.29, 0.717) is 0 Å². The number of hydrogen-bond acceptors (Lipinski definition) is 2. The average Bonchev–Trinajstić information content (AvgIpc) is 2.91. The van der Waals surface area contributed by atoms with E-state index in [1.165, 1.54) is 31.4 Å². The van der Waals surface area contributed by atoms with Crippen molar-refractivity contribution in [2.75, 3.05) is 6.54 Å². The van der Waals surface area contributed by atoms with E-state index >= 15 is 0 Å². The third-order valence-corrected chi connectivity index (χ3v) is 2.99. The van der Waals surface area contributed by atoms with Crippen molar-refractivity contribution in [2.24, 2.45) is 13.0 Å². The lowest BCUT2D eigenvalue weighted by Crippen LogP contribution is -2.19. The van der Waals surface area contributed by atoms with Crippen molar-refractivity contribution in [3.05, 3.63) is 18.0 Å². The van der Waals surface area contributed by atoms with E-state index in [1.807, 2.05) is 17.9 Å².